The van der Waals surface area contributed by atoms with Gasteiger partial charge in [0.2, 0.25) is 0 Å². The fourth-order valence-corrected chi connectivity index (χ4v) is 4.25. The van der Waals surface area contributed by atoms with Crippen molar-refractivity contribution in [3.05, 3.63) is 34.7 Å². The van der Waals surface area contributed by atoms with Crippen LogP contribution in [0.15, 0.2) is 6.58 Å². The lowest BCUT2D eigenvalue weighted by Crippen LogP contribution is -2.29. The van der Waals surface area contributed by atoms with E-state index in [1.54, 1.807) is 0 Å². The first kappa shape index (κ1) is 20.0. The summed E-state index contributed by atoms with van der Waals surface area (Å²) < 4.78 is 0. The first-order valence-corrected chi connectivity index (χ1v) is 10.6. The molecular weight excluding hydrogens is 334 g/mol. The molecule has 3 nitrogen and oxygen atoms in total. The molecule has 2 aliphatic rings. The number of fused-ring (bicyclic) bond motifs is 1. The van der Waals surface area contributed by atoms with Crippen molar-refractivity contribution in [1.82, 2.24) is 4.98 Å². The minimum atomic E-state index is -0.251. The third-order valence-corrected chi connectivity index (χ3v) is 6.07. The van der Waals surface area contributed by atoms with Crippen LogP contribution in [0.1, 0.15) is 111 Å². The zero-order valence-corrected chi connectivity index (χ0v) is 17.4. The highest BCUT2D eigenvalue weighted by atomic mass is 16.1. The van der Waals surface area contributed by atoms with Crippen molar-refractivity contribution in [3.63, 3.8) is 0 Å². The van der Waals surface area contributed by atoms with Gasteiger partial charge >= 0.3 is 0 Å². The van der Waals surface area contributed by atoms with Gasteiger partial charge in [0.1, 0.15) is 5.78 Å². The minimum Gasteiger partial charge on any atom is -0.299 e. The Kier molecular flexibility index (Phi) is 5.69. The number of hydrogen-bond donors (Lipinski definition) is 0. The summed E-state index contributed by atoms with van der Waals surface area (Å²) in [4.78, 5) is 30.6. The van der Waals surface area contributed by atoms with Gasteiger partial charge in [-0.05, 0) is 60.1 Å². The number of unbranched alkanes of at least 4 members (excludes halogenated alkanes) is 1. The van der Waals surface area contributed by atoms with Crippen molar-refractivity contribution in [2.24, 2.45) is 5.41 Å². The number of carbonyl (C=O) groups is 2. The second-order valence-corrected chi connectivity index (χ2v) is 8.98. The van der Waals surface area contributed by atoms with E-state index in [-0.39, 0.29) is 17.0 Å². The number of pyridine rings is 1. The molecule has 1 aromatic rings. The lowest BCUT2D eigenvalue weighted by Gasteiger charge is -2.34. The lowest BCUT2D eigenvalue weighted by molar-refractivity contribution is -0.118. The van der Waals surface area contributed by atoms with Gasteiger partial charge in [-0.25, -0.2) is 0 Å². The van der Waals surface area contributed by atoms with Gasteiger partial charge in [0, 0.05) is 30.5 Å². The smallest absolute Gasteiger partial charge is 0.166 e. The van der Waals surface area contributed by atoms with E-state index in [1.165, 1.54) is 0 Å². The Morgan fingerprint density at radius 3 is 2.52 bits per heavy atom. The van der Waals surface area contributed by atoms with Gasteiger partial charge in [0.05, 0.1) is 5.69 Å². The van der Waals surface area contributed by atoms with Crippen molar-refractivity contribution in [2.75, 3.05) is 0 Å². The molecule has 0 N–H and O–H groups in total. The topological polar surface area (TPSA) is 47.0 Å². The van der Waals surface area contributed by atoms with Gasteiger partial charge in [-0.1, -0.05) is 40.7 Å². The van der Waals surface area contributed by atoms with Gasteiger partial charge in [-0.2, -0.15) is 0 Å². The van der Waals surface area contributed by atoms with E-state index >= 15 is 0 Å². The molecular formula is C24H33NO2. The Hall–Kier alpha value is -1.77. The van der Waals surface area contributed by atoms with Crippen molar-refractivity contribution < 1.29 is 9.59 Å². The molecule has 0 unspecified atom stereocenters. The molecule has 0 atom stereocenters. The largest absolute Gasteiger partial charge is 0.299 e. The standard InChI is InChI=1S/C24H33NO2/c1-6-8-10-19-18(13-17(26)9-7-2)21(16-11-12-16)22-20(27)14-24(4,5)15(3)23(22)25-19/h16H,3,6-14H2,1-2,4-5H3. The molecule has 1 fully saturated rings. The average Bonchev–Trinajstić information content (AvgIpc) is 3.42. The van der Waals surface area contributed by atoms with Crippen LogP contribution in [-0.2, 0) is 17.6 Å². The van der Waals surface area contributed by atoms with Gasteiger partial charge in [0.15, 0.2) is 5.78 Å². The van der Waals surface area contributed by atoms with Gasteiger partial charge in [-0.3, -0.25) is 14.6 Å². The molecule has 146 valence electrons. The number of rotatable bonds is 8. The Labute approximate surface area is 163 Å². The summed E-state index contributed by atoms with van der Waals surface area (Å²) in [6, 6.07) is 0. The average molecular weight is 368 g/mol. The quantitative estimate of drug-likeness (QED) is 0.580. The molecule has 0 aromatic carbocycles. The maximum atomic E-state index is 13.1. The molecule has 0 saturated heterocycles. The summed E-state index contributed by atoms with van der Waals surface area (Å²) in [6.07, 6.45) is 7.62. The van der Waals surface area contributed by atoms with Crippen LogP contribution < -0.4 is 0 Å². The predicted octanol–water partition coefficient (Wildman–Crippen LogP) is 5.84. The van der Waals surface area contributed by atoms with Crippen LogP contribution in [0.5, 0.6) is 0 Å². The summed E-state index contributed by atoms with van der Waals surface area (Å²) in [6.45, 7) is 12.7. The fourth-order valence-electron chi connectivity index (χ4n) is 4.25. The molecule has 0 spiro atoms. The van der Waals surface area contributed by atoms with E-state index < -0.39 is 0 Å². The van der Waals surface area contributed by atoms with E-state index in [1.807, 2.05) is 6.92 Å². The summed E-state index contributed by atoms with van der Waals surface area (Å²) >= 11 is 0. The molecule has 0 amide bonds. The summed E-state index contributed by atoms with van der Waals surface area (Å²) in [7, 11) is 0. The van der Waals surface area contributed by atoms with Crippen LogP contribution in [0.2, 0.25) is 0 Å². The van der Waals surface area contributed by atoms with Crippen molar-refractivity contribution in [1.29, 1.82) is 0 Å². The van der Waals surface area contributed by atoms with E-state index in [0.29, 0.717) is 25.2 Å². The van der Waals surface area contributed by atoms with Crippen LogP contribution in [0.25, 0.3) is 5.57 Å². The van der Waals surface area contributed by atoms with Crippen LogP contribution >= 0.6 is 0 Å². The molecule has 0 aliphatic heterocycles. The highest BCUT2D eigenvalue weighted by Crippen LogP contribution is 2.50. The summed E-state index contributed by atoms with van der Waals surface area (Å²) in [5.74, 6) is 0.869. The van der Waals surface area contributed by atoms with Crippen molar-refractivity contribution in [3.8, 4) is 0 Å². The second kappa shape index (κ2) is 7.69. The Morgan fingerprint density at radius 2 is 1.93 bits per heavy atom. The maximum absolute atomic E-state index is 13.1. The van der Waals surface area contributed by atoms with Crippen molar-refractivity contribution in [2.45, 2.75) is 91.4 Å². The third-order valence-electron chi connectivity index (χ3n) is 6.07. The predicted molar refractivity (Wildman–Crippen MR) is 110 cm³/mol. The second-order valence-electron chi connectivity index (χ2n) is 8.98. The molecule has 0 bridgehead atoms. The monoisotopic (exact) mass is 367 g/mol. The number of ketones is 2. The van der Waals surface area contributed by atoms with Gasteiger partial charge in [0.25, 0.3) is 0 Å². The van der Waals surface area contributed by atoms with Gasteiger partial charge in [-0.15, -0.1) is 0 Å². The van der Waals surface area contributed by atoms with Crippen molar-refractivity contribution >= 4 is 17.1 Å². The number of hydrogen-bond acceptors (Lipinski definition) is 3. The number of nitrogens with zero attached hydrogens (tertiary/aromatic N) is 1. The summed E-state index contributed by atoms with van der Waals surface area (Å²) in [5.41, 5.74) is 5.59. The number of aromatic nitrogens is 1. The lowest BCUT2D eigenvalue weighted by atomic mass is 9.70. The molecule has 1 aromatic heterocycles. The van der Waals surface area contributed by atoms with E-state index in [0.717, 1.165) is 72.2 Å². The number of allylic oxidation sites excluding steroid dienone is 1. The highest BCUT2D eigenvalue weighted by Gasteiger charge is 2.41. The Bertz CT molecular complexity index is 784. The molecule has 1 saturated carbocycles. The molecule has 2 aliphatic carbocycles. The first-order valence-electron chi connectivity index (χ1n) is 10.6. The first-order chi connectivity index (χ1) is 12.8. The van der Waals surface area contributed by atoms with Crippen LogP contribution in [0.4, 0.5) is 0 Å². The Balaban J connectivity index is 2.19. The van der Waals surface area contributed by atoms with E-state index in [2.05, 4.69) is 27.4 Å². The zero-order valence-electron chi connectivity index (χ0n) is 17.4. The maximum Gasteiger partial charge on any atom is 0.166 e. The van der Waals surface area contributed by atoms with Gasteiger partial charge < -0.3 is 0 Å². The molecule has 0 radical (unpaired) electrons. The fraction of sp³-hybridized carbons (Fsp3) is 0.625. The van der Waals surface area contributed by atoms with Crippen LogP contribution in [-0.4, -0.2) is 16.6 Å². The van der Waals surface area contributed by atoms with Crippen LogP contribution in [0.3, 0.4) is 0 Å². The molecule has 3 heteroatoms. The molecule has 27 heavy (non-hydrogen) atoms. The number of Topliss-reactive ketones (excluding diaryl/α,β-unsaturated/α-hetero) is 2. The van der Waals surface area contributed by atoms with E-state index in [4.69, 9.17) is 4.98 Å². The minimum absolute atomic E-state index is 0.183. The Morgan fingerprint density at radius 1 is 1.22 bits per heavy atom. The highest BCUT2D eigenvalue weighted by molar-refractivity contribution is 6.06. The van der Waals surface area contributed by atoms with E-state index in [9.17, 15) is 9.59 Å². The number of aryl methyl sites for hydroxylation is 1. The third kappa shape index (κ3) is 3.93. The zero-order chi connectivity index (χ0) is 19.8. The van der Waals surface area contributed by atoms with Crippen LogP contribution in [0, 0.1) is 5.41 Å². The molecule has 3 rings (SSSR count). The molecule has 1 heterocycles. The number of carbonyl (C=O) groups excluding carboxylic acids is 2. The summed E-state index contributed by atoms with van der Waals surface area (Å²) in [5, 5.41) is 0. The SMILES string of the molecule is C=C1c2nc(CCCC)c(CC(=O)CCC)c(C3CC3)c2C(=O)CC1(C)C. The normalized spacial score (nSPS) is 18.5.